The van der Waals surface area contributed by atoms with Gasteiger partial charge in [0.05, 0.1) is 11.0 Å². The summed E-state index contributed by atoms with van der Waals surface area (Å²) in [5, 5.41) is 19.5. The Hall–Kier alpha value is -2.45. The molecule has 2 aromatic rings. The molecule has 3 rings (SSSR count). The van der Waals surface area contributed by atoms with Gasteiger partial charge in [0.25, 0.3) is 11.6 Å². The molecule has 1 atom stereocenters. The molecule has 1 saturated carbocycles. The highest BCUT2D eigenvalue weighted by Gasteiger charge is 2.25. The third-order valence-electron chi connectivity index (χ3n) is 4.35. The van der Waals surface area contributed by atoms with Crippen LogP contribution in [0.25, 0.3) is 0 Å². The lowest BCUT2D eigenvalue weighted by Crippen LogP contribution is -2.27. The van der Waals surface area contributed by atoms with E-state index in [-0.39, 0.29) is 23.7 Å². The number of likely N-dealkylation sites (N-methyl/N-ethyl adjacent to an activating group) is 1. The maximum Gasteiger partial charge on any atom is 0.293 e. The van der Waals surface area contributed by atoms with Gasteiger partial charge in [0.2, 0.25) is 0 Å². The summed E-state index contributed by atoms with van der Waals surface area (Å²) in [7, 11) is 3.96. The predicted octanol–water partition coefficient (Wildman–Crippen LogP) is 3.26. The zero-order valence-electron chi connectivity index (χ0n) is 14.8. The van der Waals surface area contributed by atoms with Crippen molar-refractivity contribution < 1.29 is 9.72 Å². The van der Waals surface area contributed by atoms with Gasteiger partial charge in [-0.05, 0) is 50.5 Å². The van der Waals surface area contributed by atoms with E-state index >= 15 is 0 Å². The Balaban J connectivity index is 1.75. The molecule has 138 valence electrons. The molecule has 1 fully saturated rings. The molecule has 0 bridgehead atoms. The molecule has 2 N–H and O–H groups in total. The Morgan fingerprint density at radius 3 is 2.73 bits per heavy atom. The lowest BCUT2D eigenvalue weighted by Gasteiger charge is -2.24. The number of amides is 1. The van der Waals surface area contributed by atoms with Crippen molar-refractivity contribution in [1.82, 2.24) is 10.2 Å². The van der Waals surface area contributed by atoms with Crippen molar-refractivity contribution in [3.05, 3.63) is 56.3 Å². The Morgan fingerprint density at radius 1 is 1.38 bits per heavy atom. The molecule has 7 nitrogen and oxygen atoms in total. The van der Waals surface area contributed by atoms with E-state index in [0.717, 1.165) is 12.8 Å². The maximum atomic E-state index is 12.1. The van der Waals surface area contributed by atoms with Crippen LogP contribution in [0.5, 0.6) is 0 Å². The summed E-state index contributed by atoms with van der Waals surface area (Å²) in [4.78, 5) is 26.4. The minimum absolute atomic E-state index is 0.0860. The van der Waals surface area contributed by atoms with Crippen LogP contribution in [0.1, 0.15) is 34.1 Å². The monoisotopic (exact) mass is 374 g/mol. The molecule has 26 heavy (non-hydrogen) atoms. The first-order chi connectivity index (χ1) is 12.5. The summed E-state index contributed by atoms with van der Waals surface area (Å²) in [6.07, 6.45) is 1.95. The summed E-state index contributed by atoms with van der Waals surface area (Å²) in [6.45, 7) is 0.530. The highest BCUT2D eigenvalue weighted by molar-refractivity contribution is 7.10. The molecule has 1 amide bonds. The van der Waals surface area contributed by atoms with E-state index < -0.39 is 4.92 Å². The summed E-state index contributed by atoms with van der Waals surface area (Å²) >= 11 is 1.65. The molecular weight excluding hydrogens is 352 g/mol. The van der Waals surface area contributed by atoms with Crippen LogP contribution in [-0.4, -0.2) is 42.4 Å². The second kappa shape index (κ2) is 7.84. The van der Waals surface area contributed by atoms with E-state index in [2.05, 4.69) is 21.6 Å². The average Bonchev–Trinajstić information content (AvgIpc) is 3.25. The largest absolute Gasteiger partial charge is 0.378 e. The van der Waals surface area contributed by atoms with E-state index in [9.17, 15) is 14.9 Å². The topological polar surface area (TPSA) is 87.5 Å². The van der Waals surface area contributed by atoms with Crippen LogP contribution in [-0.2, 0) is 0 Å². The smallest absolute Gasteiger partial charge is 0.293 e. The van der Waals surface area contributed by atoms with E-state index in [0.29, 0.717) is 17.8 Å². The number of carbonyl (C=O) groups excluding carboxylic acids is 1. The number of carbonyl (C=O) groups is 1. The first-order valence-electron chi connectivity index (χ1n) is 8.48. The van der Waals surface area contributed by atoms with Gasteiger partial charge in [0.15, 0.2) is 0 Å². The number of hydrogen-bond donors (Lipinski definition) is 2. The van der Waals surface area contributed by atoms with Crippen LogP contribution in [0.15, 0.2) is 35.7 Å². The molecule has 0 spiro atoms. The fourth-order valence-electron chi connectivity index (χ4n) is 2.69. The average molecular weight is 374 g/mol. The Morgan fingerprint density at radius 2 is 2.15 bits per heavy atom. The van der Waals surface area contributed by atoms with E-state index in [1.54, 1.807) is 23.5 Å². The van der Waals surface area contributed by atoms with Gasteiger partial charge < -0.3 is 15.5 Å². The SMILES string of the molecule is CN(C)[C@H](CNc1ccc(C(=O)NC2CC2)cc1[N+](=O)[O-])c1cccs1. The van der Waals surface area contributed by atoms with Crippen molar-refractivity contribution in [3.8, 4) is 0 Å². The maximum absolute atomic E-state index is 12.1. The number of hydrogen-bond acceptors (Lipinski definition) is 6. The molecule has 1 aromatic heterocycles. The van der Waals surface area contributed by atoms with Crippen LogP contribution < -0.4 is 10.6 Å². The van der Waals surface area contributed by atoms with Gasteiger partial charge in [-0.15, -0.1) is 11.3 Å². The number of nitrogens with one attached hydrogen (secondary N) is 2. The third kappa shape index (κ3) is 4.39. The fourth-order valence-corrected chi connectivity index (χ4v) is 3.62. The van der Waals surface area contributed by atoms with Gasteiger partial charge in [-0.25, -0.2) is 0 Å². The van der Waals surface area contributed by atoms with E-state index in [4.69, 9.17) is 0 Å². The van der Waals surface area contributed by atoms with Crippen molar-refractivity contribution in [2.45, 2.75) is 24.9 Å². The summed E-state index contributed by atoms with van der Waals surface area (Å²) in [6, 6.07) is 8.95. The predicted molar refractivity (Wildman–Crippen MR) is 103 cm³/mol. The number of benzene rings is 1. The van der Waals surface area contributed by atoms with Gasteiger partial charge in [0, 0.05) is 29.1 Å². The van der Waals surface area contributed by atoms with E-state index in [1.165, 1.54) is 10.9 Å². The molecule has 0 aliphatic heterocycles. The number of anilines is 1. The van der Waals surface area contributed by atoms with Crippen LogP contribution in [0.4, 0.5) is 11.4 Å². The van der Waals surface area contributed by atoms with Gasteiger partial charge in [-0.2, -0.15) is 0 Å². The lowest BCUT2D eigenvalue weighted by molar-refractivity contribution is -0.384. The van der Waals surface area contributed by atoms with Crippen LogP contribution in [0, 0.1) is 10.1 Å². The Labute approximate surface area is 156 Å². The molecule has 0 saturated heterocycles. The van der Waals surface area contributed by atoms with Gasteiger partial charge in [0.1, 0.15) is 5.69 Å². The zero-order chi connectivity index (χ0) is 18.7. The molecule has 1 aromatic carbocycles. The van der Waals surface area contributed by atoms with Crippen molar-refractivity contribution in [1.29, 1.82) is 0 Å². The molecule has 1 heterocycles. The summed E-state index contributed by atoms with van der Waals surface area (Å²) in [5.41, 5.74) is 0.648. The minimum atomic E-state index is -0.452. The van der Waals surface area contributed by atoms with E-state index in [1.807, 2.05) is 25.5 Å². The highest BCUT2D eigenvalue weighted by Crippen LogP contribution is 2.29. The Bertz CT molecular complexity index is 788. The number of nitro benzene ring substituents is 1. The van der Waals surface area contributed by atoms with Crippen molar-refractivity contribution >= 4 is 28.6 Å². The van der Waals surface area contributed by atoms with Gasteiger partial charge in [-0.3, -0.25) is 14.9 Å². The number of nitro groups is 1. The second-order valence-electron chi connectivity index (χ2n) is 6.61. The Kier molecular flexibility index (Phi) is 5.53. The van der Waals surface area contributed by atoms with Crippen LogP contribution >= 0.6 is 11.3 Å². The fraction of sp³-hybridized carbons (Fsp3) is 0.389. The first kappa shape index (κ1) is 18.3. The van der Waals surface area contributed by atoms with Gasteiger partial charge >= 0.3 is 0 Å². The second-order valence-corrected chi connectivity index (χ2v) is 7.59. The number of rotatable bonds is 8. The number of thiophene rings is 1. The standard InChI is InChI=1S/C18H22N4O3S/c1-21(2)16(17-4-3-9-26-17)11-19-14-8-5-12(10-15(14)22(24)25)18(23)20-13-6-7-13/h3-5,8-10,13,16,19H,6-7,11H2,1-2H3,(H,20,23)/t16-/m1/s1. The number of nitrogens with zero attached hydrogens (tertiary/aromatic N) is 2. The van der Waals surface area contributed by atoms with Crippen molar-refractivity contribution in [2.24, 2.45) is 0 Å². The first-order valence-corrected chi connectivity index (χ1v) is 9.36. The molecule has 1 aliphatic rings. The normalized spacial score (nSPS) is 14.9. The molecular formula is C18H22N4O3S. The molecule has 0 unspecified atom stereocenters. The summed E-state index contributed by atoms with van der Waals surface area (Å²) in [5.74, 6) is -0.257. The van der Waals surface area contributed by atoms with Crippen molar-refractivity contribution in [2.75, 3.05) is 26.0 Å². The minimum Gasteiger partial charge on any atom is -0.378 e. The summed E-state index contributed by atoms with van der Waals surface area (Å²) < 4.78 is 0. The van der Waals surface area contributed by atoms with Gasteiger partial charge in [-0.1, -0.05) is 6.07 Å². The molecule has 1 aliphatic carbocycles. The highest BCUT2D eigenvalue weighted by atomic mass is 32.1. The quantitative estimate of drug-likeness (QED) is 0.547. The lowest BCUT2D eigenvalue weighted by atomic mass is 10.1. The zero-order valence-corrected chi connectivity index (χ0v) is 15.6. The third-order valence-corrected chi connectivity index (χ3v) is 5.32. The molecule has 0 radical (unpaired) electrons. The van der Waals surface area contributed by atoms with Crippen molar-refractivity contribution in [3.63, 3.8) is 0 Å². The molecule has 8 heteroatoms. The van der Waals surface area contributed by atoms with Crippen LogP contribution in [0.2, 0.25) is 0 Å². The van der Waals surface area contributed by atoms with Crippen LogP contribution in [0.3, 0.4) is 0 Å².